The number of carbonyl (C=O) groups is 3. The van der Waals surface area contributed by atoms with Gasteiger partial charge in [0.05, 0.1) is 31.4 Å². The molecule has 6 heteroatoms. The van der Waals surface area contributed by atoms with E-state index >= 15 is 0 Å². The van der Waals surface area contributed by atoms with E-state index in [-0.39, 0.29) is 30.3 Å². The van der Waals surface area contributed by atoms with Gasteiger partial charge in [0.2, 0.25) is 0 Å². The Morgan fingerprint density at radius 2 is 1.88 bits per heavy atom. The molecular formula is C18H19NO5. The van der Waals surface area contributed by atoms with Crippen molar-refractivity contribution in [1.82, 2.24) is 0 Å². The molecule has 3 rings (SSSR count). The molecule has 2 aliphatic rings. The number of rotatable bonds is 6. The Morgan fingerprint density at radius 1 is 1.21 bits per heavy atom. The van der Waals surface area contributed by atoms with Crippen LogP contribution in [0.3, 0.4) is 0 Å². The van der Waals surface area contributed by atoms with Gasteiger partial charge < -0.3 is 9.47 Å². The number of hydrogen-bond acceptors (Lipinski definition) is 5. The molecule has 24 heavy (non-hydrogen) atoms. The molecule has 0 aliphatic carbocycles. The third-order valence-electron chi connectivity index (χ3n) is 4.23. The largest absolute Gasteiger partial charge is 0.465 e. The average Bonchev–Trinajstić information content (AvgIpc) is 2.90. The average molecular weight is 329 g/mol. The number of esters is 1. The van der Waals surface area contributed by atoms with Gasteiger partial charge in [-0.3, -0.25) is 14.4 Å². The second kappa shape index (κ2) is 6.97. The predicted molar refractivity (Wildman–Crippen MR) is 86.3 cm³/mol. The van der Waals surface area contributed by atoms with Gasteiger partial charge in [0.25, 0.3) is 11.8 Å². The Bertz CT molecular complexity index is 661. The van der Waals surface area contributed by atoms with Crippen molar-refractivity contribution in [3.8, 4) is 0 Å². The van der Waals surface area contributed by atoms with Crippen molar-refractivity contribution in [2.24, 2.45) is 5.92 Å². The number of hydrogen-bond donors (Lipinski definition) is 0. The minimum Gasteiger partial charge on any atom is -0.465 e. The van der Waals surface area contributed by atoms with Gasteiger partial charge in [0.15, 0.2) is 0 Å². The zero-order valence-corrected chi connectivity index (χ0v) is 13.4. The van der Waals surface area contributed by atoms with Crippen molar-refractivity contribution in [2.45, 2.75) is 25.9 Å². The minimum absolute atomic E-state index is 0.154. The van der Waals surface area contributed by atoms with E-state index < -0.39 is 0 Å². The Balaban J connectivity index is 1.48. The molecule has 0 spiro atoms. The molecular weight excluding hydrogens is 310 g/mol. The highest BCUT2D eigenvalue weighted by Gasteiger charge is 2.27. The number of amides is 2. The molecule has 0 bridgehead atoms. The van der Waals surface area contributed by atoms with E-state index in [1.165, 1.54) is 12.2 Å². The molecule has 0 N–H and O–H groups in total. The van der Waals surface area contributed by atoms with Crippen LogP contribution in [0.25, 0.3) is 0 Å². The van der Waals surface area contributed by atoms with E-state index in [1.807, 2.05) is 0 Å². The van der Waals surface area contributed by atoms with Crippen molar-refractivity contribution in [1.29, 1.82) is 0 Å². The Hall–Kier alpha value is -2.47. The first-order valence-corrected chi connectivity index (χ1v) is 7.97. The molecule has 0 radical (unpaired) electrons. The van der Waals surface area contributed by atoms with Crippen molar-refractivity contribution in [2.75, 3.05) is 18.1 Å². The van der Waals surface area contributed by atoms with Crippen LogP contribution in [0.15, 0.2) is 36.4 Å². The number of carbonyl (C=O) groups excluding carboxylic acids is 3. The van der Waals surface area contributed by atoms with E-state index in [0.717, 1.165) is 23.5 Å². The fourth-order valence-electron chi connectivity index (χ4n) is 2.72. The van der Waals surface area contributed by atoms with E-state index in [1.54, 1.807) is 24.3 Å². The van der Waals surface area contributed by atoms with Crippen LogP contribution in [-0.4, -0.2) is 37.1 Å². The van der Waals surface area contributed by atoms with E-state index in [4.69, 9.17) is 9.47 Å². The maximum Gasteiger partial charge on any atom is 0.310 e. The van der Waals surface area contributed by atoms with Gasteiger partial charge in [0, 0.05) is 24.5 Å². The smallest absolute Gasteiger partial charge is 0.310 e. The summed E-state index contributed by atoms with van der Waals surface area (Å²) in [5.41, 5.74) is 1.26. The topological polar surface area (TPSA) is 72.9 Å². The van der Waals surface area contributed by atoms with Gasteiger partial charge >= 0.3 is 5.97 Å². The Labute approximate surface area is 140 Å². The van der Waals surface area contributed by atoms with Gasteiger partial charge in [-0.05, 0) is 17.7 Å². The van der Waals surface area contributed by atoms with Gasteiger partial charge in [-0.15, -0.1) is 0 Å². The van der Waals surface area contributed by atoms with E-state index in [0.29, 0.717) is 18.2 Å². The lowest BCUT2D eigenvalue weighted by atomic mass is 9.98. The third-order valence-corrected chi connectivity index (χ3v) is 4.23. The lowest BCUT2D eigenvalue weighted by molar-refractivity contribution is -0.148. The second-order valence-electron chi connectivity index (χ2n) is 6.05. The van der Waals surface area contributed by atoms with Crippen molar-refractivity contribution in [3.63, 3.8) is 0 Å². The maximum atomic E-state index is 11.8. The summed E-state index contributed by atoms with van der Waals surface area (Å²) in [7, 11) is 0. The van der Waals surface area contributed by atoms with Crippen LogP contribution in [0.2, 0.25) is 0 Å². The summed E-state index contributed by atoms with van der Waals surface area (Å²) in [4.78, 5) is 36.1. The molecule has 2 aliphatic heterocycles. The fourth-order valence-corrected chi connectivity index (χ4v) is 2.72. The van der Waals surface area contributed by atoms with Crippen LogP contribution in [-0.2, 0) is 30.3 Å². The highest BCUT2D eigenvalue weighted by atomic mass is 16.5. The molecule has 6 nitrogen and oxygen atoms in total. The molecule has 1 aromatic rings. The summed E-state index contributed by atoms with van der Waals surface area (Å²) >= 11 is 0. The zero-order chi connectivity index (χ0) is 17.1. The summed E-state index contributed by atoms with van der Waals surface area (Å²) in [6.45, 7) is 3.25. The summed E-state index contributed by atoms with van der Waals surface area (Å²) in [5, 5.41) is 0. The maximum absolute atomic E-state index is 11.8. The molecule has 1 fully saturated rings. The summed E-state index contributed by atoms with van der Waals surface area (Å²) in [6, 6.07) is 6.73. The number of nitrogens with zero attached hydrogens (tertiary/aromatic N) is 1. The Kier molecular flexibility index (Phi) is 4.76. The predicted octanol–water partition coefficient (Wildman–Crippen LogP) is 1.63. The van der Waals surface area contributed by atoms with Crippen molar-refractivity contribution < 1.29 is 23.9 Å². The molecule has 1 saturated heterocycles. The fraction of sp³-hybridized carbons (Fsp3) is 0.389. The lowest BCUT2D eigenvalue weighted by Gasteiger charge is -2.33. The summed E-state index contributed by atoms with van der Waals surface area (Å²) in [5.74, 6) is -0.495. The molecule has 126 valence electrons. The van der Waals surface area contributed by atoms with Crippen LogP contribution in [0.1, 0.15) is 18.9 Å². The van der Waals surface area contributed by atoms with Gasteiger partial charge in [0.1, 0.15) is 0 Å². The highest BCUT2D eigenvalue weighted by Crippen LogP contribution is 2.22. The quantitative estimate of drug-likeness (QED) is 0.586. The van der Waals surface area contributed by atoms with E-state index in [2.05, 4.69) is 6.92 Å². The van der Waals surface area contributed by atoms with Crippen molar-refractivity contribution in [3.05, 3.63) is 42.0 Å². The molecule has 1 aromatic carbocycles. The van der Waals surface area contributed by atoms with Gasteiger partial charge in [-0.2, -0.15) is 0 Å². The van der Waals surface area contributed by atoms with Gasteiger partial charge in [-0.25, -0.2) is 4.90 Å². The third kappa shape index (κ3) is 3.54. The van der Waals surface area contributed by atoms with Crippen LogP contribution in [0.4, 0.5) is 5.69 Å². The monoisotopic (exact) mass is 329 g/mol. The highest BCUT2D eigenvalue weighted by molar-refractivity contribution is 6.28. The zero-order valence-electron chi connectivity index (χ0n) is 13.4. The first kappa shape index (κ1) is 16.4. The first-order chi connectivity index (χ1) is 11.5. The van der Waals surface area contributed by atoms with Crippen molar-refractivity contribution >= 4 is 23.5 Å². The molecule has 2 amide bonds. The van der Waals surface area contributed by atoms with Crippen LogP contribution in [0, 0.1) is 5.92 Å². The lowest BCUT2D eigenvalue weighted by Crippen LogP contribution is -2.38. The number of benzene rings is 1. The SMILES string of the molecule is CC1COC1CCOC(=O)Cc1ccc(N2C(=O)C=CC2=O)cc1. The Morgan fingerprint density at radius 3 is 2.42 bits per heavy atom. The summed E-state index contributed by atoms with van der Waals surface area (Å²) in [6.07, 6.45) is 3.54. The molecule has 2 unspecified atom stereocenters. The molecule has 2 heterocycles. The molecule has 2 atom stereocenters. The number of imide groups is 1. The van der Waals surface area contributed by atoms with Gasteiger partial charge in [-0.1, -0.05) is 19.1 Å². The van der Waals surface area contributed by atoms with Crippen LogP contribution >= 0.6 is 0 Å². The normalized spacial score (nSPS) is 22.6. The number of ether oxygens (including phenoxy) is 2. The molecule has 0 aromatic heterocycles. The van der Waals surface area contributed by atoms with E-state index in [9.17, 15) is 14.4 Å². The number of anilines is 1. The summed E-state index contributed by atoms with van der Waals surface area (Å²) < 4.78 is 10.6. The second-order valence-corrected chi connectivity index (χ2v) is 6.05. The minimum atomic E-state index is -0.361. The van der Waals surface area contributed by atoms with Crippen LogP contribution in [0.5, 0.6) is 0 Å². The first-order valence-electron chi connectivity index (χ1n) is 7.97. The molecule has 0 saturated carbocycles. The standard InChI is InChI=1S/C18H19NO5/c1-12-11-24-15(12)8-9-23-18(22)10-13-2-4-14(5-3-13)19-16(20)6-7-17(19)21/h2-7,12,15H,8-11H2,1H3. The van der Waals surface area contributed by atoms with Crippen LogP contribution < -0.4 is 4.90 Å².